The molecule has 0 bridgehead atoms. The zero-order valence-corrected chi connectivity index (χ0v) is 12.7. The van der Waals surface area contributed by atoms with Gasteiger partial charge in [-0.1, -0.05) is 12.1 Å². The molecular weight excluding hydrogens is 280 g/mol. The van der Waals surface area contributed by atoms with E-state index in [0.29, 0.717) is 18.9 Å². The zero-order chi connectivity index (χ0) is 15.9. The third-order valence-electron chi connectivity index (χ3n) is 3.07. The molecule has 2 aromatic rings. The van der Waals surface area contributed by atoms with Crippen LogP contribution in [0.5, 0.6) is 11.5 Å². The highest BCUT2D eigenvalue weighted by Gasteiger charge is 2.07. The Morgan fingerprint density at radius 3 is 2.45 bits per heavy atom. The molecule has 0 aromatic heterocycles. The van der Waals surface area contributed by atoms with Crippen LogP contribution in [0.2, 0.25) is 0 Å². The Morgan fingerprint density at radius 1 is 1.14 bits per heavy atom. The standard InChI is InChI=1S/C17H20N2O3/c1-3-22-16-6-4-5-13(17(16)21)11-18-14-7-9-15(10-8-14)19-12(2)20/h4-10,18,21H,3,11H2,1-2H3,(H,19,20). The molecule has 0 fully saturated rings. The molecule has 1 amide bonds. The molecule has 0 saturated carbocycles. The SMILES string of the molecule is CCOc1cccc(CNc2ccc(NC(C)=O)cc2)c1O. The van der Waals surface area contributed by atoms with E-state index in [-0.39, 0.29) is 11.7 Å². The maximum Gasteiger partial charge on any atom is 0.221 e. The summed E-state index contributed by atoms with van der Waals surface area (Å²) >= 11 is 0. The van der Waals surface area contributed by atoms with Crippen LogP contribution in [0.3, 0.4) is 0 Å². The summed E-state index contributed by atoms with van der Waals surface area (Å²) in [5, 5.41) is 16.1. The molecule has 0 radical (unpaired) electrons. The molecule has 5 heteroatoms. The number of rotatable bonds is 6. The lowest BCUT2D eigenvalue weighted by molar-refractivity contribution is -0.114. The molecule has 0 atom stereocenters. The van der Waals surface area contributed by atoms with Crippen molar-refractivity contribution in [1.29, 1.82) is 0 Å². The van der Waals surface area contributed by atoms with Gasteiger partial charge in [-0.3, -0.25) is 4.79 Å². The highest BCUT2D eigenvalue weighted by atomic mass is 16.5. The molecule has 0 aliphatic heterocycles. The first-order chi connectivity index (χ1) is 10.6. The van der Waals surface area contributed by atoms with E-state index >= 15 is 0 Å². The fraction of sp³-hybridized carbons (Fsp3) is 0.235. The molecule has 2 rings (SSSR count). The zero-order valence-electron chi connectivity index (χ0n) is 12.7. The molecular formula is C17H20N2O3. The fourth-order valence-electron chi connectivity index (χ4n) is 2.05. The Morgan fingerprint density at radius 2 is 1.82 bits per heavy atom. The molecule has 116 valence electrons. The van der Waals surface area contributed by atoms with Gasteiger partial charge in [0.1, 0.15) is 0 Å². The van der Waals surface area contributed by atoms with E-state index in [1.54, 1.807) is 6.07 Å². The highest BCUT2D eigenvalue weighted by Crippen LogP contribution is 2.30. The van der Waals surface area contributed by atoms with E-state index in [1.165, 1.54) is 6.92 Å². The van der Waals surface area contributed by atoms with Crippen LogP contribution in [-0.4, -0.2) is 17.6 Å². The molecule has 5 nitrogen and oxygen atoms in total. The number of carbonyl (C=O) groups excluding carboxylic acids is 1. The fourth-order valence-corrected chi connectivity index (χ4v) is 2.05. The molecule has 0 unspecified atom stereocenters. The largest absolute Gasteiger partial charge is 0.504 e. The summed E-state index contributed by atoms with van der Waals surface area (Å²) in [6.45, 7) is 4.34. The lowest BCUT2D eigenvalue weighted by Crippen LogP contribution is -2.06. The van der Waals surface area contributed by atoms with Crippen LogP contribution in [0.15, 0.2) is 42.5 Å². The summed E-state index contributed by atoms with van der Waals surface area (Å²) in [5.41, 5.74) is 2.41. The summed E-state index contributed by atoms with van der Waals surface area (Å²) in [7, 11) is 0. The average molecular weight is 300 g/mol. The number of amides is 1. The van der Waals surface area contributed by atoms with Crippen LogP contribution < -0.4 is 15.4 Å². The number of ether oxygens (including phenoxy) is 1. The quantitative estimate of drug-likeness (QED) is 0.765. The number of phenols is 1. The Bertz CT molecular complexity index is 639. The number of benzene rings is 2. The van der Waals surface area contributed by atoms with Crippen LogP contribution in [0.4, 0.5) is 11.4 Å². The average Bonchev–Trinajstić information content (AvgIpc) is 2.49. The van der Waals surface area contributed by atoms with Crippen molar-refractivity contribution in [3.8, 4) is 11.5 Å². The normalized spacial score (nSPS) is 10.1. The summed E-state index contributed by atoms with van der Waals surface area (Å²) in [4.78, 5) is 11.0. The van der Waals surface area contributed by atoms with Crippen molar-refractivity contribution >= 4 is 17.3 Å². The first-order valence-corrected chi connectivity index (χ1v) is 7.15. The predicted octanol–water partition coefficient (Wildman–Crippen LogP) is 3.36. The molecule has 0 spiro atoms. The van der Waals surface area contributed by atoms with Crippen LogP contribution in [-0.2, 0) is 11.3 Å². The third-order valence-corrected chi connectivity index (χ3v) is 3.07. The minimum absolute atomic E-state index is 0.0987. The molecule has 0 saturated heterocycles. The minimum Gasteiger partial charge on any atom is -0.504 e. The summed E-state index contributed by atoms with van der Waals surface area (Å²) in [6, 6.07) is 12.8. The van der Waals surface area contributed by atoms with E-state index in [2.05, 4.69) is 10.6 Å². The van der Waals surface area contributed by atoms with Crippen LogP contribution >= 0.6 is 0 Å². The number of carbonyl (C=O) groups is 1. The lowest BCUT2D eigenvalue weighted by Gasteiger charge is -2.12. The van der Waals surface area contributed by atoms with Crippen molar-refractivity contribution < 1.29 is 14.6 Å². The van der Waals surface area contributed by atoms with Gasteiger partial charge in [-0.25, -0.2) is 0 Å². The third kappa shape index (κ3) is 4.15. The second-order valence-corrected chi connectivity index (χ2v) is 4.81. The van der Waals surface area contributed by atoms with E-state index in [1.807, 2.05) is 43.3 Å². The molecule has 2 aromatic carbocycles. The molecule has 0 aliphatic carbocycles. The maximum absolute atomic E-state index is 11.0. The smallest absolute Gasteiger partial charge is 0.221 e. The van der Waals surface area contributed by atoms with Gasteiger partial charge in [0.2, 0.25) is 5.91 Å². The number of hydrogen-bond donors (Lipinski definition) is 3. The number of phenolic OH excluding ortho intramolecular Hbond substituents is 1. The second kappa shape index (κ2) is 7.36. The van der Waals surface area contributed by atoms with Gasteiger partial charge in [-0.05, 0) is 37.3 Å². The predicted molar refractivity (Wildman–Crippen MR) is 87.3 cm³/mol. The van der Waals surface area contributed by atoms with Crippen molar-refractivity contribution in [3.63, 3.8) is 0 Å². The van der Waals surface area contributed by atoms with Crippen molar-refractivity contribution in [2.75, 3.05) is 17.2 Å². The molecule has 0 heterocycles. The first kappa shape index (κ1) is 15.7. The van der Waals surface area contributed by atoms with Gasteiger partial charge in [0.05, 0.1) is 6.61 Å². The van der Waals surface area contributed by atoms with Crippen LogP contribution in [0, 0.1) is 0 Å². The van der Waals surface area contributed by atoms with Gasteiger partial charge in [-0.2, -0.15) is 0 Å². The Labute approximate surface area is 129 Å². The Kier molecular flexibility index (Phi) is 5.25. The maximum atomic E-state index is 11.0. The molecule has 0 aliphatic rings. The lowest BCUT2D eigenvalue weighted by atomic mass is 10.1. The van der Waals surface area contributed by atoms with Gasteiger partial charge >= 0.3 is 0 Å². The number of aromatic hydroxyl groups is 1. The number of para-hydroxylation sites is 1. The van der Waals surface area contributed by atoms with Crippen LogP contribution in [0.1, 0.15) is 19.4 Å². The van der Waals surface area contributed by atoms with E-state index < -0.39 is 0 Å². The summed E-state index contributed by atoms with van der Waals surface area (Å²) in [6.07, 6.45) is 0. The van der Waals surface area contributed by atoms with Crippen molar-refractivity contribution in [2.45, 2.75) is 20.4 Å². The van der Waals surface area contributed by atoms with Gasteiger partial charge < -0.3 is 20.5 Å². The van der Waals surface area contributed by atoms with Gasteiger partial charge in [-0.15, -0.1) is 0 Å². The summed E-state index contributed by atoms with van der Waals surface area (Å²) in [5.74, 6) is 0.549. The Hall–Kier alpha value is -2.69. The first-order valence-electron chi connectivity index (χ1n) is 7.15. The van der Waals surface area contributed by atoms with E-state index in [9.17, 15) is 9.90 Å². The summed E-state index contributed by atoms with van der Waals surface area (Å²) < 4.78 is 5.36. The van der Waals surface area contributed by atoms with Gasteiger partial charge in [0.25, 0.3) is 0 Å². The number of anilines is 2. The van der Waals surface area contributed by atoms with Crippen molar-refractivity contribution in [1.82, 2.24) is 0 Å². The molecule has 3 N–H and O–H groups in total. The van der Waals surface area contributed by atoms with Crippen LogP contribution in [0.25, 0.3) is 0 Å². The monoisotopic (exact) mass is 300 g/mol. The van der Waals surface area contributed by atoms with E-state index in [0.717, 1.165) is 16.9 Å². The topological polar surface area (TPSA) is 70.6 Å². The van der Waals surface area contributed by atoms with Crippen molar-refractivity contribution in [2.24, 2.45) is 0 Å². The molecule has 22 heavy (non-hydrogen) atoms. The Balaban J connectivity index is 2.01. The second-order valence-electron chi connectivity index (χ2n) is 4.81. The minimum atomic E-state index is -0.0987. The van der Waals surface area contributed by atoms with Gasteiger partial charge in [0.15, 0.2) is 11.5 Å². The van der Waals surface area contributed by atoms with Gasteiger partial charge in [0, 0.05) is 30.4 Å². The highest BCUT2D eigenvalue weighted by molar-refractivity contribution is 5.88. The number of hydrogen-bond acceptors (Lipinski definition) is 4. The van der Waals surface area contributed by atoms with E-state index in [4.69, 9.17) is 4.74 Å². The van der Waals surface area contributed by atoms with Crippen molar-refractivity contribution in [3.05, 3.63) is 48.0 Å². The number of nitrogens with one attached hydrogen (secondary N) is 2.